The predicted molar refractivity (Wildman–Crippen MR) is 144 cm³/mol. The number of carbonyl (C=O) groups is 1. The largest absolute Gasteiger partial charge is 0.414 e. The number of hydrogen-bond donors (Lipinski definition) is 1. The highest BCUT2D eigenvalue weighted by Gasteiger charge is 2.32. The van der Waals surface area contributed by atoms with Crippen LogP contribution in [0, 0.1) is 0 Å². The lowest BCUT2D eigenvalue weighted by Gasteiger charge is -2.27. The van der Waals surface area contributed by atoms with Gasteiger partial charge in [0.25, 0.3) is 0 Å². The van der Waals surface area contributed by atoms with Gasteiger partial charge in [-0.1, -0.05) is 79.7 Å². The molecule has 2 aliphatic carbocycles. The molecule has 0 radical (unpaired) electrons. The molecular formula is C30H36ClN3O2. The summed E-state index contributed by atoms with van der Waals surface area (Å²) in [6.45, 7) is 1.97. The molecule has 2 atom stereocenters. The number of amides is 1. The predicted octanol–water partition coefficient (Wildman–Crippen LogP) is 7.94. The van der Waals surface area contributed by atoms with Crippen molar-refractivity contribution in [1.29, 1.82) is 0 Å². The minimum absolute atomic E-state index is 0.145. The summed E-state index contributed by atoms with van der Waals surface area (Å²) in [6.07, 6.45) is 10.7. The van der Waals surface area contributed by atoms with Crippen molar-refractivity contribution in [3.8, 4) is 5.88 Å². The lowest BCUT2D eigenvalue weighted by Crippen LogP contribution is -2.30. The summed E-state index contributed by atoms with van der Waals surface area (Å²) in [7, 11) is 0. The molecule has 2 aromatic carbocycles. The minimum atomic E-state index is -0.446. The normalized spacial score (nSPS) is 19.2. The van der Waals surface area contributed by atoms with Crippen LogP contribution in [0.5, 0.6) is 5.88 Å². The maximum atomic E-state index is 13.0. The Morgan fingerprint density at radius 2 is 1.83 bits per heavy atom. The second-order valence-corrected chi connectivity index (χ2v) is 10.8. The molecule has 0 bridgehead atoms. The third kappa shape index (κ3) is 5.78. The average Bonchev–Trinajstić information content (AvgIpc) is 3.11. The van der Waals surface area contributed by atoms with E-state index in [-0.39, 0.29) is 6.04 Å². The van der Waals surface area contributed by atoms with Crippen molar-refractivity contribution in [3.63, 3.8) is 0 Å². The average molecular weight is 506 g/mol. The maximum absolute atomic E-state index is 13.0. The Bertz CT molecular complexity index is 1170. The number of ether oxygens (including phenoxy) is 1. The van der Waals surface area contributed by atoms with Crippen LogP contribution in [0.15, 0.2) is 54.6 Å². The summed E-state index contributed by atoms with van der Waals surface area (Å²) >= 11 is 6.31. The van der Waals surface area contributed by atoms with Gasteiger partial charge in [0.05, 0.1) is 12.1 Å². The third-order valence-electron chi connectivity index (χ3n) is 7.74. The summed E-state index contributed by atoms with van der Waals surface area (Å²) < 4.78 is 8.19. The molecule has 1 unspecified atom stereocenters. The Kier molecular flexibility index (Phi) is 7.96. The molecule has 5 nitrogen and oxygen atoms in total. The van der Waals surface area contributed by atoms with Gasteiger partial charge < -0.3 is 10.1 Å². The van der Waals surface area contributed by atoms with Crippen molar-refractivity contribution < 1.29 is 9.53 Å². The quantitative estimate of drug-likeness (QED) is 0.346. The highest BCUT2D eigenvalue weighted by Crippen LogP contribution is 2.41. The highest BCUT2D eigenvalue weighted by molar-refractivity contribution is 6.30. The molecule has 3 aromatic rings. The van der Waals surface area contributed by atoms with Gasteiger partial charge in [0.15, 0.2) is 0 Å². The Hall–Kier alpha value is -2.79. The van der Waals surface area contributed by atoms with E-state index in [9.17, 15) is 4.79 Å². The van der Waals surface area contributed by atoms with E-state index in [2.05, 4.69) is 22.1 Å². The van der Waals surface area contributed by atoms with Gasteiger partial charge in [-0.3, -0.25) is 4.68 Å². The lowest BCUT2D eigenvalue weighted by atomic mass is 9.90. The van der Waals surface area contributed by atoms with Gasteiger partial charge in [-0.2, -0.15) is 0 Å². The number of hydrogen-bond acceptors (Lipinski definition) is 3. The van der Waals surface area contributed by atoms with E-state index in [0.717, 1.165) is 61.1 Å². The summed E-state index contributed by atoms with van der Waals surface area (Å²) in [5, 5.41) is 8.76. The fourth-order valence-corrected chi connectivity index (χ4v) is 6.12. The van der Waals surface area contributed by atoms with Crippen LogP contribution in [-0.4, -0.2) is 15.9 Å². The van der Waals surface area contributed by atoms with Crippen LogP contribution in [0.25, 0.3) is 0 Å². The van der Waals surface area contributed by atoms with Crippen molar-refractivity contribution >= 4 is 17.7 Å². The maximum Gasteiger partial charge on any atom is 0.414 e. The topological polar surface area (TPSA) is 56.1 Å². The molecule has 1 N–H and O–H groups in total. The van der Waals surface area contributed by atoms with E-state index in [1.54, 1.807) is 0 Å². The molecular weight excluding hydrogens is 470 g/mol. The van der Waals surface area contributed by atoms with Gasteiger partial charge in [-0.05, 0) is 68.7 Å². The van der Waals surface area contributed by atoms with Crippen molar-refractivity contribution in [2.24, 2.45) is 0 Å². The zero-order chi connectivity index (χ0) is 24.9. The molecule has 5 rings (SSSR count). The van der Waals surface area contributed by atoms with Crippen LogP contribution >= 0.6 is 11.6 Å². The zero-order valence-corrected chi connectivity index (χ0v) is 21.8. The molecule has 1 saturated carbocycles. The van der Waals surface area contributed by atoms with E-state index in [4.69, 9.17) is 21.4 Å². The van der Waals surface area contributed by atoms with Crippen LogP contribution in [0.2, 0.25) is 5.02 Å². The number of halogens is 1. The molecule has 0 saturated heterocycles. The molecule has 1 aromatic heterocycles. The Labute approximate surface area is 219 Å². The number of carbonyl (C=O) groups excluding carboxylic acids is 1. The monoisotopic (exact) mass is 505 g/mol. The van der Waals surface area contributed by atoms with Crippen molar-refractivity contribution in [3.05, 3.63) is 82.0 Å². The number of benzene rings is 2. The number of rotatable bonds is 6. The van der Waals surface area contributed by atoms with Crippen LogP contribution in [0.3, 0.4) is 0 Å². The fourth-order valence-electron chi connectivity index (χ4n) is 5.91. The zero-order valence-electron chi connectivity index (χ0n) is 21.1. The highest BCUT2D eigenvalue weighted by atomic mass is 35.5. The van der Waals surface area contributed by atoms with E-state index < -0.39 is 6.09 Å². The number of nitrogens with one attached hydrogen (secondary N) is 1. The Morgan fingerprint density at radius 1 is 1.06 bits per heavy atom. The van der Waals surface area contributed by atoms with Gasteiger partial charge in [-0.25, -0.2) is 4.79 Å². The fraction of sp³-hybridized carbons (Fsp3) is 0.467. The molecule has 1 amide bonds. The van der Waals surface area contributed by atoms with E-state index >= 15 is 0 Å². The SMILES string of the molecule is C[C@H](NC(=O)Oc1nn(C2CCCCC2)c2c1CCCCC2Cc1cccc(Cl)c1)c1ccccc1. The minimum Gasteiger partial charge on any atom is -0.389 e. The number of aromatic nitrogens is 2. The molecule has 0 aliphatic heterocycles. The molecule has 2 aliphatic rings. The van der Waals surface area contributed by atoms with Crippen LogP contribution < -0.4 is 10.1 Å². The summed E-state index contributed by atoms with van der Waals surface area (Å²) in [5.41, 5.74) is 4.68. The van der Waals surface area contributed by atoms with Gasteiger partial charge in [0, 0.05) is 22.2 Å². The first-order chi connectivity index (χ1) is 17.6. The van der Waals surface area contributed by atoms with Crippen molar-refractivity contribution in [2.75, 3.05) is 0 Å². The second kappa shape index (κ2) is 11.5. The lowest BCUT2D eigenvalue weighted by molar-refractivity contribution is 0.193. The number of fused-ring (bicyclic) bond motifs is 1. The molecule has 0 spiro atoms. The Balaban J connectivity index is 1.44. The van der Waals surface area contributed by atoms with Crippen LogP contribution in [0.4, 0.5) is 4.79 Å². The van der Waals surface area contributed by atoms with Gasteiger partial charge in [0.1, 0.15) is 0 Å². The van der Waals surface area contributed by atoms with Crippen molar-refractivity contribution in [2.45, 2.75) is 89.1 Å². The van der Waals surface area contributed by atoms with Crippen molar-refractivity contribution in [1.82, 2.24) is 15.1 Å². The van der Waals surface area contributed by atoms with Gasteiger partial charge in [-0.15, -0.1) is 5.10 Å². The standard InChI is InChI=1S/C30H36ClN3O2/c1-21(23-12-4-2-5-13-23)32-30(35)36-29-27-18-9-8-14-24(19-22-11-10-15-25(31)20-22)28(27)34(33-29)26-16-6-3-7-17-26/h2,4-5,10-13,15,20-21,24,26H,3,6-9,14,16-19H2,1H3,(H,32,35)/t21-,24?/m0/s1. The first-order valence-electron chi connectivity index (χ1n) is 13.5. The summed E-state index contributed by atoms with van der Waals surface area (Å²) in [6, 6.07) is 18.4. The van der Waals surface area contributed by atoms with E-state index in [1.165, 1.54) is 30.5 Å². The molecule has 190 valence electrons. The summed E-state index contributed by atoms with van der Waals surface area (Å²) in [4.78, 5) is 13.0. The van der Waals surface area contributed by atoms with Gasteiger partial charge >= 0.3 is 6.09 Å². The third-order valence-corrected chi connectivity index (χ3v) is 7.98. The molecule has 6 heteroatoms. The molecule has 36 heavy (non-hydrogen) atoms. The second-order valence-electron chi connectivity index (χ2n) is 10.3. The van der Waals surface area contributed by atoms with Gasteiger partial charge in [0.2, 0.25) is 5.88 Å². The number of nitrogens with zero attached hydrogens (tertiary/aromatic N) is 2. The first-order valence-corrected chi connectivity index (χ1v) is 13.9. The van der Waals surface area contributed by atoms with E-state index in [1.807, 2.05) is 49.4 Å². The summed E-state index contributed by atoms with van der Waals surface area (Å²) in [5.74, 6) is 0.824. The molecule has 1 heterocycles. The first kappa shape index (κ1) is 24.9. The van der Waals surface area contributed by atoms with Crippen LogP contribution in [-0.2, 0) is 12.8 Å². The molecule has 1 fully saturated rings. The smallest absolute Gasteiger partial charge is 0.389 e. The Morgan fingerprint density at radius 3 is 2.61 bits per heavy atom. The van der Waals surface area contributed by atoms with E-state index in [0.29, 0.717) is 17.8 Å². The van der Waals surface area contributed by atoms with Crippen LogP contribution in [0.1, 0.15) is 98.7 Å².